The number of benzene rings is 1. The zero-order valence-corrected chi connectivity index (χ0v) is 19.5. The first-order valence-electron chi connectivity index (χ1n) is 12.0. The average molecular weight is 473 g/mol. The van der Waals surface area contributed by atoms with Gasteiger partial charge in [0.15, 0.2) is 11.5 Å². The van der Waals surface area contributed by atoms with Crippen LogP contribution >= 0.6 is 0 Å². The number of hydrogen-bond donors (Lipinski definition) is 1. The molecule has 1 aromatic carbocycles. The van der Waals surface area contributed by atoms with E-state index in [2.05, 4.69) is 15.4 Å². The molecule has 5 unspecified atom stereocenters. The van der Waals surface area contributed by atoms with Gasteiger partial charge in [0.25, 0.3) is 5.91 Å². The first-order valence-corrected chi connectivity index (χ1v) is 12.0. The molecule has 5 rings (SSSR count). The Bertz CT molecular complexity index is 1090. The van der Waals surface area contributed by atoms with Crippen molar-refractivity contribution in [1.82, 2.24) is 20.3 Å². The molecule has 0 radical (unpaired) electrons. The van der Waals surface area contributed by atoms with Crippen LogP contribution in [0.4, 0.5) is 8.78 Å². The second-order valence-corrected chi connectivity index (χ2v) is 10.1. The van der Waals surface area contributed by atoms with Gasteiger partial charge in [-0.15, -0.1) is 0 Å². The highest BCUT2D eigenvalue weighted by molar-refractivity contribution is 5.94. The zero-order chi connectivity index (χ0) is 24.0. The number of aromatic nitrogens is 1. The molecule has 3 fully saturated rings. The molecule has 0 spiro atoms. The molecule has 34 heavy (non-hydrogen) atoms. The second kappa shape index (κ2) is 9.09. The number of amides is 2. The lowest BCUT2D eigenvalue weighted by molar-refractivity contribution is -0.136. The van der Waals surface area contributed by atoms with E-state index >= 15 is 0 Å². The van der Waals surface area contributed by atoms with Crippen LogP contribution < -0.4 is 5.32 Å². The third-order valence-electron chi connectivity index (χ3n) is 7.83. The van der Waals surface area contributed by atoms with Crippen LogP contribution in [-0.2, 0) is 4.79 Å². The van der Waals surface area contributed by atoms with Gasteiger partial charge >= 0.3 is 0 Å². The number of likely N-dealkylation sites (tertiary alicyclic amines) is 1. The second-order valence-electron chi connectivity index (χ2n) is 10.1. The fourth-order valence-corrected chi connectivity index (χ4v) is 6.13. The summed E-state index contributed by atoms with van der Waals surface area (Å²) in [6.07, 6.45) is 5.79. The van der Waals surface area contributed by atoms with Gasteiger partial charge in [-0.2, -0.15) is 0 Å². The van der Waals surface area contributed by atoms with Gasteiger partial charge in [0, 0.05) is 51.4 Å². The molecular formula is C25H30F2N4O3. The summed E-state index contributed by atoms with van der Waals surface area (Å²) in [6.45, 7) is 1.46. The first kappa shape index (κ1) is 23.0. The van der Waals surface area contributed by atoms with Gasteiger partial charge < -0.3 is 14.7 Å². The Morgan fingerprint density at radius 2 is 1.97 bits per heavy atom. The number of nitrogens with one attached hydrogen (secondary N) is 1. The molecule has 1 aliphatic heterocycles. The normalized spacial score (nSPS) is 28.8. The van der Waals surface area contributed by atoms with Gasteiger partial charge in [0.1, 0.15) is 11.6 Å². The number of hydrogen-bond acceptors (Lipinski definition) is 5. The summed E-state index contributed by atoms with van der Waals surface area (Å²) in [5.41, 5.74) is 0.0121. The quantitative estimate of drug-likeness (QED) is 0.723. The van der Waals surface area contributed by atoms with Crippen LogP contribution in [0.2, 0.25) is 0 Å². The Morgan fingerprint density at radius 1 is 1.15 bits per heavy atom. The van der Waals surface area contributed by atoms with Crippen LogP contribution in [0, 0.1) is 29.4 Å². The standard InChI is InChI=1S/C25H30F2N4O3/c1-30(2)25(33)18-13-31(22-10-14-3-4-15(22)9-14)8-7-20(18)28-24(32)21-12-23(34-29-21)17-6-5-16(26)11-19(17)27/h5-6,11-12,14-15,18,20,22H,3-4,7-10,13H2,1-2H3,(H,28,32). The van der Waals surface area contributed by atoms with Crippen molar-refractivity contribution in [2.75, 3.05) is 27.2 Å². The largest absolute Gasteiger partial charge is 0.355 e. The van der Waals surface area contributed by atoms with Crippen molar-refractivity contribution in [2.45, 2.75) is 44.2 Å². The minimum absolute atomic E-state index is 0.00705. The van der Waals surface area contributed by atoms with Crippen LogP contribution in [0.25, 0.3) is 11.3 Å². The number of piperidine rings is 1. The Kier molecular flexibility index (Phi) is 6.14. The molecule has 5 atom stereocenters. The minimum atomic E-state index is -0.798. The number of nitrogens with zero attached hydrogens (tertiary/aromatic N) is 3. The highest BCUT2D eigenvalue weighted by atomic mass is 19.1. The van der Waals surface area contributed by atoms with Crippen molar-refractivity contribution >= 4 is 11.8 Å². The Labute approximate surface area is 197 Å². The van der Waals surface area contributed by atoms with E-state index in [1.807, 2.05) is 0 Å². The minimum Gasteiger partial charge on any atom is -0.355 e. The maximum atomic E-state index is 14.1. The lowest BCUT2D eigenvalue weighted by atomic mass is 9.86. The highest BCUT2D eigenvalue weighted by Gasteiger charge is 2.46. The lowest BCUT2D eigenvalue weighted by Crippen LogP contribution is -2.58. The van der Waals surface area contributed by atoms with E-state index in [0.29, 0.717) is 19.0 Å². The predicted octanol–water partition coefficient (Wildman–Crippen LogP) is 3.32. The molecule has 182 valence electrons. The SMILES string of the molecule is CN(C)C(=O)C1CN(C2CC3CCC2C3)CCC1NC(=O)c1cc(-c2ccc(F)cc2F)on1. The fourth-order valence-electron chi connectivity index (χ4n) is 6.13. The summed E-state index contributed by atoms with van der Waals surface area (Å²) in [5.74, 6) is -0.753. The predicted molar refractivity (Wildman–Crippen MR) is 121 cm³/mol. The number of carbonyl (C=O) groups is 2. The molecule has 1 saturated heterocycles. The van der Waals surface area contributed by atoms with Crippen molar-refractivity contribution in [3.8, 4) is 11.3 Å². The smallest absolute Gasteiger partial charge is 0.273 e. The van der Waals surface area contributed by atoms with E-state index in [4.69, 9.17) is 4.52 Å². The van der Waals surface area contributed by atoms with Crippen molar-refractivity contribution in [1.29, 1.82) is 0 Å². The number of fused-ring (bicyclic) bond motifs is 2. The number of rotatable bonds is 5. The number of carbonyl (C=O) groups excluding carboxylic acids is 2. The van der Waals surface area contributed by atoms with Crippen molar-refractivity contribution in [3.05, 3.63) is 41.6 Å². The van der Waals surface area contributed by atoms with E-state index in [1.165, 1.54) is 37.8 Å². The summed E-state index contributed by atoms with van der Waals surface area (Å²) < 4.78 is 32.4. The molecular weight excluding hydrogens is 442 g/mol. The van der Waals surface area contributed by atoms with Gasteiger partial charge in [-0.3, -0.25) is 14.5 Å². The monoisotopic (exact) mass is 472 g/mol. The topological polar surface area (TPSA) is 78.7 Å². The first-order chi connectivity index (χ1) is 16.3. The van der Waals surface area contributed by atoms with Crippen molar-refractivity contribution in [3.63, 3.8) is 0 Å². The summed E-state index contributed by atoms with van der Waals surface area (Å²) >= 11 is 0. The molecule has 1 N–H and O–H groups in total. The third-order valence-corrected chi connectivity index (χ3v) is 7.83. The molecule has 2 aliphatic carbocycles. The molecule has 2 aromatic rings. The molecule has 2 bridgehead atoms. The molecule has 2 heterocycles. The summed E-state index contributed by atoms with van der Waals surface area (Å²) in [4.78, 5) is 30.0. The van der Waals surface area contributed by atoms with Crippen LogP contribution in [0.1, 0.15) is 42.6 Å². The molecule has 9 heteroatoms. The number of halogens is 2. The third kappa shape index (κ3) is 4.33. The van der Waals surface area contributed by atoms with Gasteiger partial charge in [-0.1, -0.05) is 11.6 Å². The van der Waals surface area contributed by atoms with Crippen LogP contribution in [0.3, 0.4) is 0 Å². The Morgan fingerprint density at radius 3 is 2.65 bits per heavy atom. The Hall–Kier alpha value is -2.81. The maximum absolute atomic E-state index is 14.1. The van der Waals surface area contributed by atoms with Gasteiger partial charge in [-0.05, 0) is 49.7 Å². The molecule has 2 saturated carbocycles. The Balaban J connectivity index is 1.29. The lowest BCUT2D eigenvalue weighted by Gasteiger charge is -2.43. The van der Waals surface area contributed by atoms with Gasteiger partial charge in [-0.25, -0.2) is 8.78 Å². The summed E-state index contributed by atoms with van der Waals surface area (Å²) in [7, 11) is 3.47. The van der Waals surface area contributed by atoms with Crippen molar-refractivity contribution < 1.29 is 22.9 Å². The van der Waals surface area contributed by atoms with Crippen LogP contribution in [-0.4, -0.2) is 66.0 Å². The van der Waals surface area contributed by atoms with Gasteiger partial charge in [0.05, 0.1) is 11.5 Å². The van der Waals surface area contributed by atoms with E-state index in [9.17, 15) is 18.4 Å². The van der Waals surface area contributed by atoms with E-state index in [-0.39, 0.29) is 34.9 Å². The fraction of sp³-hybridized carbons (Fsp3) is 0.560. The average Bonchev–Trinajstić information content (AvgIpc) is 3.56. The maximum Gasteiger partial charge on any atom is 0.273 e. The van der Waals surface area contributed by atoms with Crippen LogP contribution in [0.15, 0.2) is 28.8 Å². The van der Waals surface area contributed by atoms with Crippen molar-refractivity contribution in [2.24, 2.45) is 17.8 Å². The summed E-state index contributed by atoms with van der Waals surface area (Å²) in [6, 6.07) is 4.64. The van der Waals surface area contributed by atoms with E-state index in [1.54, 1.807) is 19.0 Å². The van der Waals surface area contributed by atoms with Gasteiger partial charge in [0.2, 0.25) is 5.91 Å². The molecule has 3 aliphatic rings. The molecule has 7 nitrogen and oxygen atoms in total. The molecule has 1 aromatic heterocycles. The van der Waals surface area contributed by atoms with E-state index in [0.717, 1.165) is 30.5 Å². The molecule has 2 amide bonds. The zero-order valence-electron chi connectivity index (χ0n) is 19.5. The van der Waals surface area contributed by atoms with Crippen LogP contribution in [0.5, 0.6) is 0 Å². The highest BCUT2D eigenvalue weighted by Crippen LogP contribution is 2.47. The van der Waals surface area contributed by atoms with E-state index < -0.39 is 17.5 Å². The summed E-state index contributed by atoms with van der Waals surface area (Å²) in [5, 5.41) is 6.74.